The van der Waals surface area contributed by atoms with Crippen molar-refractivity contribution < 1.29 is 19.2 Å². The van der Waals surface area contributed by atoms with Crippen LogP contribution in [-0.4, -0.2) is 40.2 Å². The number of aryl methyl sites for hydroxylation is 1. The van der Waals surface area contributed by atoms with Crippen molar-refractivity contribution in [2.45, 2.75) is 25.8 Å². The number of benzene rings is 1. The van der Waals surface area contributed by atoms with E-state index in [1.54, 1.807) is 17.8 Å². The van der Waals surface area contributed by atoms with Crippen LogP contribution in [0.25, 0.3) is 11.0 Å². The van der Waals surface area contributed by atoms with E-state index < -0.39 is 12.0 Å². The van der Waals surface area contributed by atoms with E-state index in [0.717, 1.165) is 10.9 Å². The van der Waals surface area contributed by atoms with Gasteiger partial charge >= 0.3 is 5.97 Å². The summed E-state index contributed by atoms with van der Waals surface area (Å²) in [6.45, 7) is 1.94. The molecule has 6 nitrogen and oxygen atoms in total. The van der Waals surface area contributed by atoms with E-state index in [1.165, 1.54) is 0 Å². The van der Waals surface area contributed by atoms with Crippen molar-refractivity contribution >= 4 is 34.6 Å². The van der Waals surface area contributed by atoms with Crippen LogP contribution in [0, 0.1) is 6.92 Å². The van der Waals surface area contributed by atoms with Crippen molar-refractivity contribution in [2.75, 3.05) is 12.0 Å². The molecule has 1 aromatic heterocycles. The molecule has 22 heavy (non-hydrogen) atoms. The standard InChI is InChI=1S/C15H18N2O4S/c1-9-3-4-13-10(7-9)12(17-21-13)8-14(18)16-11(15(19)20)5-6-22-2/h3-4,7,11H,5-6,8H2,1-2H3,(H,16,18)(H,19,20). The fourth-order valence-corrected chi connectivity index (χ4v) is 2.59. The van der Waals surface area contributed by atoms with E-state index >= 15 is 0 Å². The second-order valence-corrected chi connectivity index (χ2v) is 6.03. The number of carbonyl (C=O) groups excluding carboxylic acids is 1. The highest BCUT2D eigenvalue weighted by atomic mass is 32.2. The van der Waals surface area contributed by atoms with Gasteiger partial charge in [-0.2, -0.15) is 11.8 Å². The molecule has 1 unspecified atom stereocenters. The monoisotopic (exact) mass is 322 g/mol. The zero-order valence-corrected chi connectivity index (χ0v) is 13.3. The van der Waals surface area contributed by atoms with E-state index in [1.807, 2.05) is 25.3 Å². The van der Waals surface area contributed by atoms with Crippen LogP contribution in [0.2, 0.25) is 0 Å². The van der Waals surface area contributed by atoms with Gasteiger partial charge in [-0.1, -0.05) is 16.8 Å². The molecular formula is C15H18N2O4S. The number of carboxylic acid groups (broad SMARTS) is 1. The molecule has 1 heterocycles. The summed E-state index contributed by atoms with van der Waals surface area (Å²) in [7, 11) is 0. The number of rotatable bonds is 7. The van der Waals surface area contributed by atoms with Crippen LogP contribution in [0.4, 0.5) is 0 Å². The predicted octanol–water partition coefficient (Wildman–Crippen LogP) is 2.00. The number of thioether (sulfide) groups is 1. The molecule has 7 heteroatoms. The average Bonchev–Trinajstić information content (AvgIpc) is 2.85. The molecule has 2 N–H and O–H groups in total. The number of aromatic nitrogens is 1. The third-order valence-electron chi connectivity index (χ3n) is 3.27. The van der Waals surface area contributed by atoms with Gasteiger partial charge in [-0.3, -0.25) is 4.79 Å². The van der Waals surface area contributed by atoms with Crippen molar-refractivity contribution in [3.05, 3.63) is 29.5 Å². The van der Waals surface area contributed by atoms with Gasteiger partial charge in [0, 0.05) is 5.39 Å². The Kier molecular flexibility index (Phi) is 5.43. The van der Waals surface area contributed by atoms with Gasteiger partial charge in [0.05, 0.1) is 6.42 Å². The first-order chi connectivity index (χ1) is 10.5. The Morgan fingerprint density at radius 2 is 2.23 bits per heavy atom. The van der Waals surface area contributed by atoms with Gasteiger partial charge in [-0.05, 0) is 37.5 Å². The van der Waals surface area contributed by atoms with Crippen molar-refractivity contribution in [1.29, 1.82) is 0 Å². The highest BCUT2D eigenvalue weighted by Crippen LogP contribution is 2.20. The minimum Gasteiger partial charge on any atom is -0.480 e. The number of carboxylic acids is 1. The molecule has 1 atom stereocenters. The van der Waals surface area contributed by atoms with Crippen LogP contribution in [0.3, 0.4) is 0 Å². The van der Waals surface area contributed by atoms with E-state index in [0.29, 0.717) is 23.5 Å². The highest BCUT2D eigenvalue weighted by Gasteiger charge is 2.21. The molecule has 118 valence electrons. The fourth-order valence-electron chi connectivity index (χ4n) is 2.12. The Hall–Kier alpha value is -2.02. The lowest BCUT2D eigenvalue weighted by molar-refractivity contribution is -0.141. The number of amides is 1. The zero-order chi connectivity index (χ0) is 16.1. The number of nitrogens with one attached hydrogen (secondary N) is 1. The van der Waals surface area contributed by atoms with Crippen molar-refractivity contribution in [2.24, 2.45) is 0 Å². The van der Waals surface area contributed by atoms with Crippen molar-refractivity contribution in [1.82, 2.24) is 10.5 Å². The van der Waals surface area contributed by atoms with Gasteiger partial charge in [-0.15, -0.1) is 0 Å². The van der Waals surface area contributed by atoms with Crippen molar-refractivity contribution in [3.63, 3.8) is 0 Å². The maximum atomic E-state index is 12.1. The second kappa shape index (κ2) is 7.31. The normalized spacial score (nSPS) is 12.3. The Morgan fingerprint density at radius 1 is 1.45 bits per heavy atom. The number of fused-ring (bicyclic) bond motifs is 1. The first-order valence-corrected chi connectivity index (χ1v) is 8.26. The number of nitrogens with zero attached hydrogens (tertiary/aromatic N) is 1. The number of hydrogen-bond acceptors (Lipinski definition) is 5. The quantitative estimate of drug-likeness (QED) is 0.810. The number of carbonyl (C=O) groups is 2. The molecule has 2 aromatic rings. The second-order valence-electron chi connectivity index (χ2n) is 5.05. The van der Waals surface area contributed by atoms with Crippen LogP contribution >= 0.6 is 11.8 Å². The SMILES string of the molecule is CSCCC(NC(=O)Cc1noc2ccc(C)cc12)C(=O)O. The first-order valence-electron chi connectivity index (χ1n) is 6.87. The molecule has 0 aliphatic heterocycles. The summed E-state index contributed by atoms with van der Waals surface area (Å²) in [6, 6.07) is 4.73. The summed E-state index contributed by atoms with van der Waals surface area (Å²) in [4.78, 5) is 23.2. The maximum Gasteiger partial charge on any atom is 0.326 e. The van der Waals surface area contributed by atoms with Gasteiger partial charge in [0.1, 0.15) is 11.7 Å². The van der Waals surface area contributed by atoms with Gasteiger partial charge in [0.2, 0.25) is 5.91 Å². The number of hydrogen-bond donors (Lipinski definition) is 2. The summed E-state index contributed by atoms with van der Waals surface area (Å²) in [5, 5.41) is 16.3. The van der Waals surface area contributed by atoms with E-state index in [-0.39, 0.29) is 12.3 Å². The summed E-state index contributed by atoms with van der Waals surface area (Å²) in [5.74, 6) is -0.725. The Balaban J connectivity index is 2.06. The Bertz CT molecular complexity index is 683. The Labute approximate surface area is 132 Å². The zero-order valence-electron chi connectivity index (χ0n) is 12.5. The molecule has 0 fully saturated rings. The van der Waals surface area contributed by atoms with Gasteiger partial charge < -0.3 is 14.9 Å². The molecular weight excluding hydrogens is 304 g/mol. The Morgan fingerprint density at radius 3 is 2.91 bits per heavy atom. The van der Waals surface area contributed by atoms with Crippen molar-refractivity contribution in [3.8, 4) is 0 Å². The summed E-state index contributed by atoms with van der Waals surface area (Å²) in [6.07, 6.45) is 2.28. The molecule has 0 aliphatic carbocycles. The molecule has 1 amide bonds. The maximum absolute atomic E-state index is 12.1. The lowest BCUT2D eigenvalue weighted by atomic mass is 10.1. The molecule has 0 saturated heterocycles. The van der Waals surface area contributed by atoms with Crippen LogP contribution in [0.15, 0.2) is 22.7 Å². The first kappa shape index (κ1) is 16.4. The molecule has 0 aliphatic rings. The molecule has 2 rings (SSSR count). The molecule has 0 saturated carbocycles. The van der Waals surface area contributed by atoms with E-state index in [4.69, 9.17) is 9.63 Å². The largest absolute Gasteiger partial charge is 0.480 e. The van der Waals surface area contributed by atoms with Crippen LogP contribution in [-0.2, 0) is 16.0 Å². The van der Waals surface area contributed by atoms with Gasteiger partial charge in [-0.25, -0.2) is 4.79 Å². The lowest BCUT2D eigenvalue weighted by Gasteiger charge is -2.13. The van der Waals surface area contributed by atoms with E-state index in [2.05, 4.69) is 10.5 Å². The third kappa shape index (κ3) is 4.00. The fraction of sp³-hybridized carbons (Fsp3) is 0.400. The smallest absolute Gasteiger partial charge is 0.326 e. The molecule has 0 spiro atoms. The van der Waals surface area contributed by atoms with Gasteiger partial charge in [0.15, 0.2) is 5.58 Å². The van der Waals surface area contributed by atoms with Crippen LogP contribution in [0.1, 0.15) is 17.7 Å². The van der Waals surface area contributed by atoms with Crippen LogP contribution < -0.4 is 5.32 Å². The summed E-state index contributed by atoms with van der Waals surface area (Å²) in [5.41, 5.74) is 2.18. The van der Waals surface area contributed by atoms with Gasteiger partial charge in [0.25, 0.3) is 0 Å². The van der Waals surface area contributed by atoms with E-state index in [9.17, 15) is 9.59 Å². The summed E-state index contributed by atoms with van der Waals surface area (Å²) >= 11 is 1.54. The molecule has 0 bridgehead atoms. The predicted molar refractivity (Wildman–Crippen MR) is 85.0 cm³/mol. The lowest BCUT2D eigenvalue weighted by Crippen LogP contribution is -2.41. The topological polar surface area (TPSA) is 92.4 Å². The highest BCUT2D eigenvalue weighted by molar-refractivity contribution is 7.98. The average molecular weight is 322 g/mol. The minimum atomic E-state index is -1.02. The van der Waals surface area contributed by atoms with Crippen LogP contribution in [0.5, 0.6) is 0 Å². The summed E-state index contributed by atoms with van der Waals surface area (Å²) < 4.78 is 5.17. The number of aliphatic carboxylic acids is 1. The molecule has 0 radical (unpaired) electrons. The third-order valence-corrected chi connectivity index (χ3v) is 3.92. The minimum absolute atomic E-state index is 0.000495. The molecule has 1 aromatic carbocycles.